The van der Waals surface area contributed by atoms with Crippen LogP contribution in [-0.4, -0.2) is 9.91 Å². The number of para-hydroxylation sites is 2. The fourth-order valence-electron chi connectivity index (χ4n) is 2.36. The van der Waals surface area contributed by atoms with Gasteiger partial charge in [-0.15, -0.1) is 0 Å². The fraction of sp³-hybridized carbons (Fsp3) is 0. The first-order chi connectivity index (χ1) is 10.2. The molecule has 2 aromatic carbocycles. The molecule has 0 fully saturated rings. The van der Waals surface area contributed by atoms with Gasteiger partial charge in [-0.2, -0.15) is 0 Å². The maximum atomic E-state index is 11.2. The molecule has 0 N–H and O–H groups in total. The lowest BCUT2D eigenvalue weighted by molar-refractivity contribution is -0.384. The van der Waals surface area contributed by atoms with Crippen LogP contribution in [0, 0.1) is 10.1 Å². The van der Waals surface area contributed by atoms with E-state index in [1.807, 2.05) is 30.3 Å². The van der Waals surface area contributed by atoms with Crippen LogP contribution in [0.3, 0.4) is 0 Å². The van der Waals surface area contributed by atoms with Crippen LogP contribution >= 0.6 is 0 Å². The van der Waals surface area contributed by atoms with Gasteiger partial charge < -0.3 is 0 Å². The Kier molecular flexibility index (Phi) is 3.20. The molecule has 1 heterocycles. The molecule has 102 valence electrons. The van der Waals surface area contributed by atoms with E-state index in [1.54, 1.807) is 24.3 Å². The van der Waals surface area contributed by atoms with Gasteiger partial charge in [-0.25, -0.2) is 4.98 Å². The Hall–Kier alpha value is -3.01. The molecular weight excluding hydrogens is 264 g/mol. The third-order valence-electron chi connectivity index (χ3n) is 3.34. The quantitative estimate of drug-likeness (QED) is 0.524. The van der Waals surface area contributed by atoms with Crippen molar-refractivity contribution in [3.05, 3.63) is 77.0 Å². The third-order valence-corrected chi connectivity index (χ3v) is 3.34. The zero-order valence-electron chi connectivity index (χ0n) is 11.2. The van der Waals surface area contributed by atoms with Gasteiger partial charge in [-0.05, 0) is 24.3 Å². The molecular formula is C17H12N2O2. The Morgan fingerprint density at radius 3 is 2.52 bits per heavy atom. The molecule has 4 nitrogen and oxygen atoms in total. The summed E-state index contributed by atoms with van der Waals surface area (Å²) in [4.78, 5) is 15.4. The van der Waals surface area contributed by atoms with Gasteiger partial charge in [0.05, 0.1) is 21.7 Å². The van der Waals surface area contributed by atoms with Crippen LogP contribution in [0.2, 0.25) is 0 Å². The van der Waals surface area contributed by atoms with Crippen molar-refractivity contribution < 1.29 is 4.92 Å². The number of hydrogen-bond acceptors (Lipinski definition) is 3. The van der Waals surface area contributed by atoms with Crippen LogP contribution in [0.1, 0.15) is 5.69 Å². The Balaban J connectivity index is 2.34. The minimum absolute atomic E-state index is 0.0673. The minimum Gasteiger partial charge on any atom is -0.258 e. The number of aromatic nitrogens is 1. The standard InChI is InChI=1S/C17H12N2O2/c1-2-15-14(11-12-7-3-5-9-16(12)18-15)13-8-4-6-10-17(13)19(20)21/h2-11H,1H2. The van der Waals surface area contributed by atoms with Crippen molar-refractivity contribution in [1.82, 2.24) is 4.98 Å². The summed E-state index contributed by atoms with van der Waals surface area (Å²) in [6, 6.07) is 16.3. The van der Waals surface area contributed by atoms with E-state index < -0.39 is 0 Å². The molecule has 0 atom stereocenters. The van der Waals surface area contributed by atoms with E-state index in [1.165, 1.54) is 6.07 Å². The molecule has 0 bridgehead atoms. The van der Waals surface area contributed by atoms with Crippen molar-refractivity contribution in [2.24, 2.45) is 0 Å². The first-order valence-corrected chi connectivity index (χ1v) is 6.46. The van der Waals surface area contributed by atoms with Gasteiger partial charge in [0.2, 0.25) is 0 Å². The largest absolute Gasteiger partial charge is 0.277 e. The van der Waals surface area contributed by atoms with E-state index in [2.05, 4.69) is 11.6 Å². The fourth-order valence-corrected chi connectivity index (χ4v) is 2.36. The van der Waals surface area contributed by atoms with Crippen molar-refractivity contribution in [2.45, 2.75) is 0 Å². The monoisotopic (exact) mass is 276 g/mol. The Morgan fingerprint density at radius 2 is 1.76 bits per heavy atom. The Bertz CT molecular complexity index is 856. The summed E-state index contributed by atoms with van der Waals surface area (Å²) in [5.41, 5.74) is 2.82. The molecule has 0 aliphatic carbocycles. The van der Waals surface area contributed by atoms with Crippen molar-refractivity contribution in [1.29, 1.82) is 0 Å². The number of nitro benzene ring substituents is 1. The first-order valence-electron chi connectivity index (χ1n) is 6.46. The van der Waals surface area contributed by atoms with Gasteiger partial charge in [0, 0.05) is 17.0 Å². The molecule has 0 saturated carbocycles. The molecule has 0 radical (unpaired) electrons. The normalized spacial score (nSPS) is 10.5. The van der Waals surface area contributed by atoms with Crippen LogP contribution in [0.15, 0.2) is 61.2 Å². The summed E-state index contributed by atoms with van der Waals surface area (Å²) >= 11 is 0. The van der Waals surface area contributed by atoms with E-state index in [9.17, 15) is 10.1 Å². The van der Waals surface area contributed by atoms with Gasteiger partial charge in [-0.1, -0.05) is 36.9 Å². The van der Waals surface area contributed by atoms with Crippen LogP contribution in [0.4, 0.5) is 5.69 Å². The molecule has 3 rings (SSSR count). The summed E-state index contributed by atoms with van der Waals surface area (Å²) in [5, 5.41) is 12.2. The lowest BCUT2D eigenvalue weighted by Crippen LogP contribution is -1.95. The molecule has 0 spiro atoms. The molecule has 4 heteroatoms. The summed E-state index contributed by atoms with van der Waals surface area (Å²) in [5.74, 6) is 0. The Morgan fingerprint density at radius 1 is 1.05 bits per heavy atom. The predicted molar refractivity (Wildman–Crippen MR) is 83.9 cm³/mol. The van der Waals surface area contributed by atoms with Crippen LogP contribution in [0.25, 0.3) is 28.1 Å². The zero-order valence-corrected chi connectivity index (χ0v) is 11.2. The second-order valence-corrected chi connectivity index (χ2v) is 4.59. The number of nitro groups is 1. The average molecular weight is 276 g/mol. The predicted octanol–water partition coefficient (Wildman–Crippen LogP) is 4.45. The van der Waals surface area contributed by atoms with Crippen molar-refractivity contribution >= 4 is 22.7 Å². The zero-order chi connectivity index (χ0) is 14.8. The second kappa shape index (κ2) is 5.17. The summed E-state index contributed by atoms with van der Waals surface area (Å²) in [6.45, 7) is 3.77. The van der Waals surface area contributed by atoms with E-state index in [0.717, 1.165) is 16.5 Å². The average Bonchev–Trinajstić information content (AvgIpc) is 2.53. The second-order valence-electron chi connectivity index (χ2n) is 4.59. The number of hydrogen-bond donors (Lipinski definition) is 0. The Labute approximate surface area is 121 Å². The van der Waals surface area contributed by atoms with Gasteiger partial charge in [0.15, 0.2) is 0 Å². The number of nitrogens with zero attached hydrogens (tertiary/aromatic N) is 2. The van der Waals surface area contributed by atoms with E-state index in [0.29, 0.717) is 11.3 Å². The highest BCUT2D eigenvalue weighted by Crippen LogP contribution is 2.33. The molecule has 1 aromatic heterocycles. The molecule has 3 aromatic rings. The van der Waals surface area contributed by atoms with Gasteiger partial charge >= 0.3 is 0 Å². The third kappa shape index (κ3) is 2.27. The molecule has 0 aliphatic heterocycles. The van der Waals surface area contributed by atoms with E-state index in [4.69, 9.17) is 0 Å². The minimum atomic E-state index is -0.378. The van der Waals surface area contributed by atoms with Gasteiger partial charge in [-0.3, -0.25) is 10.1 Å². The maximum Gasteiger partial charge on any atom is 0.277 e. The molecule has 0 unspecified atom stereocenters. The number of fused-ring (bicyclic) bond motifs is 1. The molecule has 0 aliphatic rings. The SMILES string of the molecule is C=Cc1nc2ccccc2cc1-c1ccccc1[N+](=O)[O-]. The maximum absolute atomic E-state index is 11.2. The number of rotatable bonds is 3. The van der Waals surface area contributed by atoms with E-state index >= 15 is 0 Å². The lowest BCUT2D eigenvalue weighted by Gasteiger charge is -2.08. The molecule has 0 amide bonds. The summed E-state index contributed by atoms with van der Waals surface area (Å²) in [6.07, 6.45) is 1.62. The first kappa shape index (κ1) is 13.0. The molecule has 21 heavy (non-hydrogen) atoms. The highest BCUT2D eigenvalue weighted by Gasteiger charge is 2.17. The van der Waals surface area contributed by atoms with Crippen LogP contribution < -0.4 is 0 Å². The summed E-state index contributed by atoms with van der Waals surface area (Å²) in [7, 11) is 0. The van der Waals surface area contributed by atoms with Crippen LogP contribution in [0.5, 0.6) is 0 Å². The van der Waals surface area contributed by atoms with Crippen LogP contribution in [-0.2, 0) is 0 Å². The van der Waals surface area contributed by atoms with Gasteiger partial charge in [0.25, 0.3) is 5.69 Å². The van der Waals surface area contributed by atoms with Crippen molar-refractivity contribution in [3.8, 4) is 11.1 Å². The topological polar surface area (TPSA) is 56.0 Å². The highest BCUT2D eigenvalue weighted by atomic mass is 16.6. The highest BCUT2D eigenvalue weighted by molar-refractivity contribution is 5.89. The van der Waals surface area contributed by atoms with E-state index in [-0.39, 0.29) is 10.6 Å². The smallest absolute Gasteiger partial charge is 0.258 e. The molecule has 0 saturated heterocycles. The lowest BCUT2D eigenvalue weighted by atomic mass is 10.00. The van der Waals surface area contributed by atoms with Crippen molar-refractivity contribution in [2.75, 3.05) is 0 Å². The van der Waals surface area contributed by atoms with Crippen molar-refractivity contribution in [3.63, 3.8) is 0 Å². The number of pyridine rings is 1. The number of benzene rings is 2. The van der Waals surface area contributed by atoms with Gasteiger partial charge in [0.1, 0.15) is 0 Å². The summed E-state index contributed by atoms with van der Waals surface area (Å²) < 4.78 is 0.